The fourth-order valence-electron chi connectivity index (χ4n) is 6.86. The van der Waals surface area contributed by atoms with Crippen molar-refractivity contribution in [3.63, 3.8) is 0 Å². The van der Waals surface area contributed by atoms with Crippen molar-refractivity contribution in [2.75, 3.05) is 18.5 Å². The van der Waals surface area contributed by atoms with E-state index in [2.05, 4.69) is 75.2 Å². The van der Waals surface area contributed by atoms with Gasteiger partial charge in [0.05, 0.1) is 0 Å². The maximum atomic E-state index is 2.61. The van der Waals surface area contributed by atoms with Crippen LogP contribution in [0.25, 0.3) is 0 Å². The van der Waals surface area contributed by atoms with E-state index in [1.807, 2.05) is 0 Å². The molecule has 1 aromatic rings. The molecule has 46 heavy (non-hydrogen) atoms. The molecule has 0 N–H and O–H groups in total. The molecule has 0 aliphatic rings. The van der Waals surface area contributed by atoms with E-state index in [1.54, 1.807) is 0 Å². The zero-order valence-electron chi connectivity index (χ0n) is 31.8. The molecule has 270 valence electrons. The van der Waals surface area contributed by atoms with Gasteiger partial charge >= 0.3 is 0 Å². The number of hydrogen-bond acceptors (Lipinski definition) is 1. The summed E-state index contributed by atoms with van der Waals surface area (Å²) < 4.78 is 0. The number of benzene rings is 1. The summed E-state index contributed by atoms with van der Waals surface area (Å²) in [5.41, 5.74) is 1.35. The van der Waals surface area contributed by atoms with Gasteiger partial charge in [-0.25, -0.2) is 0 Å². The van der Waals surface area contributed by atoms with Crippen LogP contribution in [0.1, 0.15) is 207 Å². The van der Waals surface area contributed by atoms with Gasteiger partial charge in [0.1, 0.15) is 0 Å². The molecule has 1 unspecified atom stereocenters. The summed E-state index contributed by atoms with van der Waals surface area (Å²) in [6.07, 6.45) is 46.6. The van der Waals surface area contributed by atoms with Gasteiger partial charge in [-0.3, -0.25) is 0 Å². The summed E-state index contributed by atoms with van der Waals surface area (Å²) in [6.45, 7) is 8.17. The first kappa shape index (κ1) is 45.0. The van der Waals surface area contributed by atoms with E-state index >= 15 is 0 Å². The van der Waals surface area contributed by atoms with Gasteiger partial charge in [-0.2, -0.15) is 0 Å². The lowest BCUT2D eigenvalue weighted by molar-refractivity contribution is 0.474. The second-order valence-electron chi connectivity index (χ2n) is 15.0. The van der Waals surface area contributed by atoms with Crippen LogP contribution in [0.3, 0.4) is 0 Å². The van der Waals surface area contributed by atoms with E-state index in [0.717, 1.165) is 18.4 Å². The van der Waals surface area contributed by atoms with E-state index in [9.17, 15) is 0 Å². The first-order valence-electron chi connectivity index (χ1n) is 20.6. The number of rotatable bonds is 34. The molecule has 0 heterocycles. The van der Waals surface area contributed by atoms with Gasteiger partial charge < -0.3 is 4.90 Å². The largest absolute Gasteiger partial charge is 0.375 e. The maximum absolute atomic E-state index is 2.61. The number of para-hydroxylation sites is 1. The maximum Gasteiger partial charge on any atom is 0.0363 e. The predicted octanol–water partition coefficient (Wildman–Crippen LogP) is 15.7. The average molecular weight is 661 g/mol. The molecular weight excluding hydrogens is 578 g/mol. The van der Waals surface area contributed by atoms with Crippen LogP contribution in [0.4, 0.5) is 5.69 Å². The Morgan fingerprint density at radius 3 is 1.41 bits per heavy atom. The lowest BCUT2D eigenvalue weighted by atomic mass is 9.94. The smallest absolute Gasteiger partial charge is 0.0363 e. The third-order valence-corrected chi connectivity index (χ3v) is 10.0. The van der Waals surface area contributed by atoms with E-state index < -0.39 is 0 Å². The van der Waals surface area contributed by atoms with E-state index in [1.165, 1.54) is 192 Å². The topological polar surface area (TPSA) is 3.24 Å². The molecule has 0 spiro atoms. The summed E-state index contributed by atoms with van der Waals surface area (Å²) in [4.78, 5) is 2.43. The fourth-order valence-corrected chi connectivity index (χ4v) is 6.86. The van der Waals surface area contributed by atoms with Crippen molar-refractivity contribution < 1.29 is 0 Å². The van der Waals surface area contributed by atoms with Crippen LogP contribution in [0, 0.1) is 11.8 Å². The lowest BCUT2D eigenvalue weighted by Gasteiger charge is -2.20. The zero-order chi connectivity index (χ0) is 32.5. The molecule has 1 atom stereocenters. The van der Waals surface area contributed by atoms with Crippen molar-refractivity contribution in [3.05, 3.63) is 42.5 Å². The Morgan fingerprint density at radius 2 is 0.935 bits per heavy atom. The second kappa shape index (κ2) is 35.4. The Morgan fingerprint density at radius 1 is 0.522 bits per heavy atom. The highest BCUT2D eigenvalue weighted by Gasteiger charge is 2.07. The van der Waals surface area contributed by atoms with Crippen LogP contribution in [0.2, 0.25) is 0 Å². The van der Waals surface area contributed by atoms with Crippen LogP contribution >= 0.6 is 12.4 Å². The van der Waals surface area contributed by atoms with Crippen LogP contribution in [-0.2, 0) is 0 Å². The van der Waals surface area contributed by atoms with Crippen molar-refractivity contribution in [2.24, 2.45) is 11.8 Å². The molecule has 0 saturated heterocycles. The van der Waals surface area contributed by atoms with Crippen molar-refractivity contribution in [2.45, 2.75) is 207 Å². The number of hydrogen-bond donors (Lipinski definition) is 0. The molecule has 0 aromatic heterocycles. The third kappa shape index (κ3) is 30.4. The molecule has 0 bridgehead atoms. The molecule has 0 aliphatic carbocycles. The monoisotopic (exact) mass is 660 g/mol. The lowest BCUT2D eigenvalue weighted by Crippen LogP contribution is -2.19. The van der Waals surface area contributed by atoms with Crippen molar-refractivity contribution >= 4 is 18.1 Å². The van der Waals surface area contributed by atoms with Gasteiger partial charge in [0.15, 0.2) is 0 Å². The molecule has 0 radical (unpaired) electrons. The van der Waals surface area contributed by atoms with Crippen LogP contribution in [0.5, 0.6) is 0 Å². The fraction of sp³-hybridized carbons (Fsp3) is 0.818. The molecule has 1 nitrogen and oxygen atoms in total. The van der Waals surface area contributed by atoms with Crippen molar-refractivity contribution in [3.8, 4) is 0 Å². The first-order chi connectivity index (χ1) is 22.1. The summed E-state index contributed by atoms with van der Waals surface area (Å²) in [6, 6.07) is 10.9. The second-order valence-corrected chi connectivity index (χ2v) is 15.0. The normalized spacial score (nSPS) is 12.2. The molecular formula is C44H82ClN. The van der Waals surface area contributed by atoms with Gasteiger partial charge in [0, 0.05) is 19.3 Å². The molecule has 2 heteroatoms. The van der Waals surface area contributed by atoms with E-state index in [0.29, 0.717) is 0 Å². The zero-order valence-corrected chi connectivity index (χ0v) is 32.6. The summed E-state index contributed by atoms with van der Waals surface area (Å²) in [5.74, 6) is 1.65. The first-order valence-corrected chi connectivity index (χ1v) is 20.6. The minimum Gasteiger partial charge on any atom is -0.375 e. The van der Waals surface area contributed by atoms with Crippen LogP contribution in [0.15, 0.2) is 42.5 Å². The molecule has 0 amide bonds. The average Bonchev–Trinajstić information content (AvgIpc) is 3.04. The Balaban J connectivity index is 0.0000202. The molecule has 1 aromatic carbocycles. The highest BCUT2D eigenvalue weighted by Crippen LogP contribution is 2.21. The number of allylic oxidation sites excluding steroid dienone is 2. The highest BCUT2D eigenvalue weighted by molar-refractivity contribution is 5.85. The summed E-state index contributed by atoms with van der Waals surface area (Å²) in [5, 5.41) is 0. The number of anilines is 1. The van der Waals surface area contributed by atoms with Crippen molar-refractivity contribution in [1.82, 2.24) is 0 Å². The number of unbranched alkanes of at least 4 members (excludes halogenated alkanes) is 23. The van der Waals surface area contributed by atoms with Gasteiger partial charge in [0.25, 0.3) is 0 Å². The van der Waals surface area contributed by atoms with Gasteiger partial charge in [-0.05, 0) is 56.1 Å². The highest BCUT2D eigenvalue weighted by atomic mass is 35.5. The predicted molar refractivity (Wildman–Crippen MR) is 214 cm³/mol. The number of nitrogens with zero attached hydrogens (tertiary/aromatic N) is 1. The molecule has 0 fully saturated rings. The minimum absolute atomic E-state index is 0. The van der Waals surface area contributed by atoms with Crippen LogP contribution in [-0.4, -0.2) is 13.6 Å². The molecule has 1 rings (SSSR count). The third-order valence-electron chi connectivity index (χ3n) is 10.0. The number of halogens is 1. The van der Waals surface area contributed by atoms with E-state index in [4.69, 9.17) is 0 Å². The Bertz CT molecular complexity index is 729. The Kier molecular flexibility index (Phi) is 34.6. The van der Waals surface area contributed by atoms with Gasteiger partial charge in [-0.1, -0.05) is 205 Å². The standard InChI is InChI=1S/C44H81N.ClH/c1-5-6-7-8-9-10-11-12-13-14-15-16-17-20-23-26-30-36-43(38-34-41-45(4)44-39-32-28-33-40-44)37-31-27-24-21-18-19-22-25-29-35-42(2)3;/h28,30,32-33,36,39-40,42-43H,5-27,29,31,34-35,37-38,41H2,1-4H3;1H. The molecule has 0 saturated carbocycles. The van der Waals surface area contributed by atoms with E-state index in [-0.39, 0.29) is 12.4 Å². The quantitative estimate of drug-likeness (QED) is 0.0525. The van der Waals surface area contributed by atoms with Crippen LogP contribution < -0.4 is 4.90 Å². The van der Waals surface area contributed by atoms with Gasteiger partial charge in [-0.15, -0.1) is 12.4 Å². The summed E-state index contributed by atoms with van der Waals surface area (Å²) >= 11 is 0. The Hall–Kier alpha value is -0.950. The van der Waals surface area contributed by atoms with Gasteiger partial charge in [0.2, 0.25) is 0 Å². The summed E-state index contributed by atoms with van der Waals surface area (Å²) in [7, 11) is 2.25. The van der Waals surface area contributed by atoms with Crippen molar-refractivity contribution in [1.29, 1.82) is 0 Å². The molecule has 0 aliphatic heterocycles. The SMILES string of the molecule is CCCCCCCCCCCCCCCCCC=CC(CCCCCCCCCCCC(C)C)CCCN(C)c1ccccc1.Cl. The minimum atomic E-state index is 0. The Labute approximate surface area is 297 Å².